The normalized spacial score (nSPS) is 10.5. The second kappa shape index (κ2) is 6.31. The molecule has 0 saturated carbocycles. The number of H-pyrrole nitrogens is 1. The van der Waals surface area contributed by atoms with Crippen molar-refractivity contribution in [1.29, 1.82) is 0 Å². The summed E-state index contributed by atoms with van der Waals surface area (Å²) in [6, 6.07) is 14.4. The van der Waals surface area contributed by atoms with Gasteiger partial charge in [0, 0.05) is 18.8 Å². The van der Waals surface area contributed by atoms with E-state index in [1.807, 2.05) is 30.3 Å². The van der Waals surface area contributed by atoms with Crippen molar-refractivity contribution >= 4 is 5.91 Å². The molecule has 23 heavy (non-hydrogen) atoms. The summed E-state index contributed by atoms with van der Waals surface area (Å²) < 4.78 is 4.97. The van der Waals surface area contributed by atoms with Crippen molar-refractivity contribution < 1.29 is 9.32 Å². The molecule has 0 atom stereocenters. The molecule has 6 nitrogen and oxygen atoms in total. The van der Waals surface area contributed by atoms with Crippen LogP contribution in [0.4, 0.5) is 0 Å². The van der Waals surface area contributed by atoms with Gasteiger partial charge >= 0.3 is 0 Å². The van der Waals surface area contributed by atoms with E-state index in [1.54, 1.807) is 25.2 Å². The Labute approximate surface area is 132 Å². The van der Waals surface area contributed by atoms with Crippen LogP contribution in [-0.2, 0) is 6.54 Å². The van der Waals surface area contributed by atoms with Gasteiger partial charge in [0.05, 0.1) is 12.7 Å². The Morgan fingerprint density at radius 2 is 1.96 bits per heavy atom. The molecule has 0 fully saturated rings. The van der Waals surface area contributed by atoms with Crippen LogP contribution in [0.5, 0.6) is 0 Å². The van der Waals surface area contributed by atoms with Crippen molar-refractivity contribution in [3.8, 4) is 11.3 Å². The monoisotopic (exact) mass is 309 g/mol. The standard InChI is InChI=1S/C17H15N3O3/c1-20(11-13-9-10-18-23-13)17(22)14-7-8-15(19-16(14)21)12-5-3-2-4-6-12/h2-10H,11H2,1H3,(H,19,21). The highest BCUT2D eigenvalue weighted by atomic mass is 16.5. The summed E-state index contributed by atoms with van der Waals surface area (Å²) in [6.07, 6.45) is 1.51. The molecular formula is C17H15N3O3. The largest absolute Gasteiger partial charge is 0.360 e. The molecule has 116 valence electrons. The molecule has 0 aliphatic carbocycles. The Kier molecular flexibility index (Phi) is 4.05. The molecule has 0 saturated heterocycles. The minimum absolute atomic E-state index is 0.0895. The summed E-state index contributed by atoms with van der Waals surface area (Å²) in [7, 11) is 1.61. The number of carbonyl (C=O) groups excluding carboxylic acids is 1. The summed E-state index contributed by atoms with van der Waals surface area (Å²) in [5, 5.41) is 3.59. The third-order valence-corrected chi connectivity index (χ3v) is 3.46. The van der Waals surface area contributed by atoms with Gasteiger partial charge in [-0.05, 0) is 17.7 Å². The first-order valence-electron chi connectivity index (χ1n) is 7.09. The van der Waals surface area contributed by atoms with Gasteiger partial charge in [0.25, 0.3) is 11.5 Å². The third-order valence-electron chi connectivity index (χ3n) is 3.46. The van der Waals surface area contributed by atoms with Crippen molar-refractivity contribution in [2.45, 2.75) is 6.54 Å². The van der Waals surface area contributed by atoms with Crippen LogP contribution in [-0.4, -0.2) is 28.0 Å². The molecule has 2 aromatic heterocycles. The van der Waals surface area contributed by atoms with Crippen molar-refractivity contribution in [3.63, 3.8) is 0 Å². The number of rotatable bonds is 4. The fourth-order valence-electron chi connectivity index (χ4n) is 2.26. The number of benzene rings is 1. The van der Waals surface area contributed by atoms with E-state index < -0.39 is 5.56 Å². The van der Waals surface area contributed by atoms with Gasteiger partial charge in [0.2, 0.25) is 0 Å². The first-order valence-corrected chi connectivity index (χ1v) is 7.09. The molecule has 0 spiro atoms. The molecule has 1 N–H and O–H groups in total. The number of carbonyl (C=O) groups is 1. The third kappa shape index (κ3) is 3.21. The quantitative estimate of drug-likeness (QED) is 0.802. The highest BCUT2D eigenvalue weighted by Gasteiger charge is 2.17. The molecule has 3 aromatic rings. The van der Waals surface area contributed by atoms with Crippen LogP contribution in [0.2, 0.25) is 0 Å². The zero-order valence-electron chi connectivity index (χ0n) is 12.5. The van der Waals surface area contributed by atoms with Crippen LogP contribution >= 0.6 is 0 Å². The van der Waals surface area contributed by atoms with Crippen LogP contribution in [0, 0.1) is 0 Å². The number of nitrogens with one attached hydrogen (secondary N) is 1. The molecule has 1 amide bonds. The lowest BCUT2D eigenvalue weighted by Crippen LogP contribution is -2.31. The summed E-state index contributed by atoms with van der Waals surface area (Å²) in [5.41, 5.74) is 1.23. The predicted molar refractivity (Wildman–Crippen MR) is 84.8 cm³/mol. The van der Waals surface area contributed by atoms with Gasteiger partial charge in [-0.25, -0.2) is 0 Å². The van der Waals surface area contributed by atoms with Crippen LogP contribution < -0.4 is 5.56 Å². The number of hydrogen-bond donors (Lipinski definition) is 1. The van der Waals surface area contributed by atoms with Crippen LogP contribution in [0.3, 0.4) is 0 Å². The number of nitrogens with zero attached hydrogens (tertiary/aromatic N) is 2. The fourth-order valence-corrected chi connectivity index (χ4v) is 2.26. The second-order valence-electron chi connectivity index (χ2n) is 5.12. The Hall–Kier alpha value is -3.15. The van der Waals surface area contributed by atoms with E-state index in [4.69, 9.17) is 4.52 Å². The van der Waals surface area contributed by atoms with Crippen molar-refractivity contribution in [1.82, 2.24) is 15.0 Å². The second-order valence-corrected chi connectivity index (χ2v) is 5.12. The Balaban J connectivity index is 1.83. The summed E-state index contributed by atoms with van der Waals surface area (Å²) in [5.74, 6) is 0.181. The number of aromatic nitrogens is 2. The minimum Gasteiger partial charge on any atom is -0.360 e. The van der Waals surface area contributed by atoms with Crippen LogP contribution in [0.15, 0.2) is 64.0 Å². The van der Waals surface area contributed by atoms with E-state index in [0.29, 0.717) is 11.5 Å². The van der Waals surface area contributed by atoms with Gasteiger partial charge in [-0.2, -0.15) is 0 Å². The van der Waals surface area contributed by atoms with Gasteiger partial charge in [0.1, 0.15) is 5.56 Å². The number of hydrogen-bond acceptors (Lipinski definition) is 4. The first kappa shape index (κ1) is 14.8. The van der Waals surface area contributed by atoms with E-state index in [9.17, 15) is 9.59 Å². The van der Waals surface area contributed by atoms with E-state index in [1.165, 1.54) is 11.1 Å². The Morgan fingerprint density at radius 3 is 2.61 bits per heavy atom. The van der Waals surface area contributed by atoms with Gasteiger partial charge in [-0.3, -0.25) is 9.59 Å². The SMILES string of the molecule is CN(Cc1ccno1)C(=O)c1ccc(-c2ccccc2)[nH]c1=O. The molecule has 0 unspecified atom stereocenters. The maximum Gasteiger partial charge on any atom is 0.261 e. The fraction of sp³-hybridized carbons (Fsp3) is 0.118. The van der Waals surface area contributed by atoms with E-state index in [-0.39, 0.29) is 18.0 Å². The molecule has 3 rings (SSSR count). The zero-order valence-corrected chi connectivity index (χ0v) is 12.5. The molecule has 0 aliphatic rings. The maximum atomic E-state index is 12.4. The summed E-state index contributed by atoms with van der Waals surface area (Å²) >= 11 is 0. The minimum atomic E-state index is -0.416. The topological polar surface area (TPSA) is 79.2 Å². The van der Waals surface area contributed by atoms with E-state index in [0.717, 1.165) is 5.56 Å². The summed E-state index contributed by atoms with van der Waals surface area (Å²) in [4.78, 5) is 28.8. The predicted octanol–water partition coefficient (Wildman–Crippen LogP) is 2.30. The van der Waals surface area contributed by atoms with Crippen molar-refractivity contribution in [2.24, 2.45) is 0 Å². The van der Waals surface area contributed by atoms with Gasteiger partial charge < -0.3 is 14.4 Å². The molecule has 0 aliphatic heterocycles. The number of pyridine rings is 1. The Bertz CT molecular complexity index is 854. The maximum absolute atomic E-state index is 12.4. The average Bonchev–Trinajstić information content (AvgIpc) is 3.08. The van der Waals surface area contributed by atoms with Crippen LogP contribution in [0.1, 0.15) is 16.1 Å². The number of aromatic amines is 1. The van der Waals surface area contributed by atoms with Gasteiger partial charge in [-0.1, -0.05) is 35.5 Å². The van der Waals surface area contributed by atoms with Crippen LogP contribution in [0.25, 0.3) is 11.3 Å². The molecule has 2 heterocycles. The summed E-state index contributed by atoms with van der Waals surface area (Å²) in [6.45, 7) is 0.249. The molecule has 0 radical (unpaired) electrons. The Morgan fingerprint density at radius 1 is 1.17 bits per heavy atom. The smallest absolute Gasteiger partial charge is 0.261 e. The first-order chi connectivity index (χ1) is 11.1. The van der Waals surface area contributed by atoms with E-state index >= 15 is 0 Å². The van der Waals surface area contributed by atoms with Crippen molar-refractivity contribution in [3.05, 3.63) is 76.4 Å². The molecular weight excluding hydrogens is 294 g/mol. The molecule has 6 heteroatoms. The lowest BCUT2D eigenvalue weighted by molar-refractivity contribution is 0.0770. The lowest BCUT2D eigenvalue weighted by atomic mass is 10.1. The van der Waals surface area contributed by atoms with Gasteiger partial charge in [-0.15, -0.1) is 0 Å². The van der Waals surface area contributed by atoms with Gasteiger partial charge in [0.15, 0.2) is 5.76 Å². The van der Waals surface area contributed by atoms with E-state index in [2.05, 4.69) is 10.1 Å². The highest BCUT2D eigenvalue weighted by Crippen LogP contribution is 2.15. The number of amides is 1. The zero-order chi connectivity index (χ0) is 16.2. The molecule has 0 bridgehead atoms. The lowest BCUT2D eigenvalue weighted by Gasteiger charge is -2.15. The highest BCUT2D eigenvalue weighted by molar-refractivity contribution is 5.93. The molecule has 1 aromatic carbocycles. The van der Waals surface area contributed by atoms with Crippen molar-refractivity contribution in [2.75, 3.05) is 7.05 Å². The average molecular weight is 309 g/mol.